The number of nitrogens with zero attached hydrogens (tertiary/aromatic N) is 2. The molecule has 0 radical (unpaired) electrons. The molecule has 1 fully saturated rings. The smallest absolute Gasteiger partial charge is 0.310 e. The minimum atomic E-state index is -0.133. The fraction of sp³-hybridized carbons (Fsp3) is 0.600. The van der Waals surface area contributed by atoms with E-state index in [1.807, 2.05) is 18.2 Å². The Morgan fingerprint density at radius 1 is 1.27 bits per heavy atom. The molecule has 2 rings (SSSR count). The maximum atomic E-state index is 11.8. The molecule has 6 heteroatoms. The van der Waals surface area contributed by atoms with Crippen molar-refractivity contribution in [1.82, 2.24) is 10.2 Å². The molecule has 1 heterocycles. The summed E-state index contributed by atoms with van der Waals surface area (Å²) in [5.41, 5.74) is 1.20. The van der Waals surface area contributed by atoms with Gasteiger partial charge in [-0.15, -0.1) is 0 Å². The minimum Gasteiger partial charge on any atom is -0.469 e. The lowest BCUT2D eigenvalue weighted by Crippen LogP contribution is -2.41. The molecule has 2 unspecified atom stereocenters. The number of hydrogen-bond donors (Lipinski definition) is 1. The monoisotopic (exact) mass is 361 g/mol. The number of likely N-dealkylation sites (tertiary alicyclic amines) is 1. The molecule has 2 atom stereocenters. The Kier molecular flexibility index (Phi) is 8.41. The first-order chi connectivity index (χ1) is 12.7. The lowest BCUT2D eigenvalue weighted by molar-refractivity contribution is -0.145. The SMILES string of the molecule is CN=C(NCCCCOCc1ccccc1)N1CC(C)C(C(=O)OC)C1. The number of nitrogens with one attached hydrogen (secondary N) is 1. The van der Waals surface area contributed by atoms with E-state index in [0.29, 0.717) is 13.2 Å². The first kappa shape index (κ1) is 20.2. The maximum Gasteiger partial charge on any atom is 0.310 e. The number of esters is 1. The zero-order valence-corrected chi connectivity index (χ0v) is 16.1. The molecular formula is C20H31N3O3. The molecule has 0 amide bonds. The molecule has 6 nitrogen and oxygen atoms in total. The zero-order chi connectivity index (χ0) is 18.8. The normalized spacial score (nSPS) is 20.3. The van der Waals surface area contributed by atoms with E-state index in [2.05, 4.69) is 34.3 Å². The van der Waals surface area contributed by atoms with Crippen LogP contribution in [-0.4, -0.2) is 57.2 Å². The van der Waals surface area contributed by atoms with E-state index in [0.717, 1.165) is 38.5 Å². The first-order valence-corrected chi connectivity index (χ1v) is 9.30. The number of methoxy groups -OCH3 is 1. The summed E-state index contributed by atoms with van der Waals surface area (Å²) in [6.45, 7) is 5.82. The van der Waals surface area contributed by atoms with Gasteiger partial charge in [-0.1, -0.05) is 37.3 Å². The maximum absolute atomic E-state index is 11.8. The third kappa shape index (κ3) is 6.02. The van der Waals surface area contributed by atoms with E-state index in [4.69, 9.17) is 9.47 Å². The molecule has 1 aliphatic heterocycles. The van der Waals surface area contributed by atoms with Gasteiger partial charge in [0.1, 0.15) is 0 Å². The highest BCUT2D eigenvalue weighted by Gasteiger charge is 2.36. The predicted molar refractivity (Wildman–Crippen MR) is 103 cm³/mol. The molecular weight excluding hydrogens is 330 g/mol. The van der Waals surface area contributed by atoms with Crippen LogP contribution in [0.1, 0.15) is 25.3 Å². The van der Waals surface area contributed by atoms with Gasteiger partial charge < -0.3 is 19.7 Å². The van der Waals surface area contributed by atoms with Crippen molar-refractivity contribution in [3.8, 4) is 0 Å². The Morgan fingerprint density at radius 2 is 2.04 bits per heavy atom. The molecule has 1 aromatic carbocycles. The van der Waals surface area contributed by atoms with E-state index in [1.54, 1.807) is 7.05 Å². The van der Waals surface area contributed by atoms with Crippen molar-refractivity contribution in [3.63, 3.8) is 0 Å². The van der Waals surface area contributed by atoms with Gasteiger partial charge in [-0.25, -0.2) is 0 Å². The highest BCUT2D eigenvalue weighted by molar-refractivity contribution is 5.82. The van der Waals surface area contributed by atoms with Crippen molar-refractivity contribution in [2.24, 2.45) is 16.8 Å². The van der Waals surface area contributed by atoms with Crippen molar-refractivity contribution < 1.29 is 14.3 Å². The average molecular weight is 361 g/mol. The average Bonchev–Trinajstić information content (AvgIpc) is 3.05. The summed E-state index contributed by atoms with van der Waals surface area (Å²) in [5.74, 6) is 0.914. The van der Waals surface area contributed by atoms with Crippen molar-refractivity contribution in [1.29, 1.82) is 0 Å². The molecule has 144 valence electrons. The zero-order valence-electron chi connectivity index (χ0n) is 16.1. The van der Waals surface area contributed by atoms with Gasteiger partial charge in [0.25, 0.3) is 0 Å². The molecule has 1 saturated heterocycles. The van der Waals surface area contributed by atoms with Crippen molar-refractivity contribution in [2.45, 2.75) is 26.4 Å². The lowest BCUT2D eigenvalue weighted by Gasteiger charge is -2.21. The molecule has 0 aromatic heterocycles. The second-order valence-electron chi connectivity index (χ2n) is 6.73. The molecule has 0 aliphatic carbocycles. The number of rotatable bonds is 8. The number of unbranched alkanes of at least 4 members (excludes halogenated alkanes) is 1. The summed E-state index contributed by atoms with van der Waals surface area (Å²) in [6.07, 6.45) is 2.01. The van der Waals surface area contributed by atoms with E-state index < -0.39 is 0 Å². The van der Waals surface area contributed by atoms with Crippen LogP contribution in [0.2, 0.25) is 0 Å². The third-order valence-corrected chi connectivity index (χ3v) is 4.74. The second kappa shape index (κ2) is 10.8. The number of ether oxygens (including phenoxy) is 2. The standard InChI is InChI=1S/C20H31N3O3/c1-16-13-23(14-18(16)19(24)25-3)20(21-2)22-11-7-8-12-26-15-17-9-5-4-6-10-17/h4-6,9-10,16,18H,7-8,11-15H2,1-3H3,(H,21,22). The summed E-state index contributed by atoms with van der Waals surface area (Å²) in [7, 11) is 3.23. The van der Waals surface area contributed by atoms with Crippen LogP contribution in [0.15, 0.2) is 35.3 Å². The van der Waals surface area contributed by atoms with Gasteiger partial charge in [0, 0.05) is 33.3 Å². The first-order valence-electron chi connectivity index (χ1n) is 9.30. The van der Waals surface area contributed by atoms with Crippen molar-refractivity contribution in [2.75, 3.05) is 40.4 Å². The van der Waals surface area contributed by atoms with Crippen LogP contribution in [0.3, 0.4) is 0 Å². The number of benzene rings is 1. The number of carbonyl (C=O) groups is 1. The van der Waals surface area contributed by atoms with Crippen LogP contribution >= 0.6 is 0 Å². The van der Waals surface area contributed by atoms with Crippen LogP contribution in [0.25, 0.3) is 0 Å². The summed E-state index contributed by atoms with van der Waals surface area (Å²) >= 11 is 0. The third-order valence-electron chi connectivity index (χ3n) is 4.74. The molecule has 0 spiro atoms. The van der Waals surface area contributed by atoms with Crippen molar-refractivity contribution >= 4 is 11.9 Å². The van der Waals surface area contributed by atoms with Crippen LogP contribution < -0.4 is 5.32 Å². The Morgan fingerprint density at radius 3 is 2.73 bits per heavy atom. The second-order valence-corrected chi connectivity index (χ2v) is 6.73. The highest BCUT2D eigenvalue weighted by atomic mass is 16.5. The van der Waals surface area contributed by atoms with Gasteiger partial charge in [0.05, 0.1) is 19.6 Å². The Hall–Kier alpha value is -2.08. The Balaban J connectivity index is 1.61. The van der Waals surface area contributed by atoms with E-state index in [-0.39, 0.29) is 17.8 Å². The minimum absolute atomic E-state index is 0.0788. The highest BCUT2D eigenvalue weighted by Crippen LogP contribution is 2.24. The predicted octanol–water partition coefficient (Wildman–Crippen LogP) is 2.30. The topological polar surface area (TPSA) is 63.2 Å². The van der Waals surface area contributed by atoms with E-state index in [1.165, 1.54) is 12.7 Å². The number of guanidine groups is 1. The van der Waals surface area contributed by atoms with Gasteiger partial charge >= 0.3 is 5.97 Å². The van der Waals surface area contributed by atoms with E-state index in [9.17, 15) is 4.79 Å². The Labute approximate surface area is 156 Å². The number of carbonyl (C=O) groups excluding carboxylic acids is 1. The lowest BCUT2D eigenvalue weighted by atomic mass is 9.99. The van der Waals surface area contributed by atoms with E-state index >= 15 is 0 Å². The fourth-order valence-corrected chi connectivity index (χ4v) is 3.22. The van der Waals surface area contributed by atoms with Gasteiger partial charge in [0.15, 0.2) is 5.96 Å². The van der Waals surface area contributed by atoms with Gasteiger partial charge in [-0.2, -0.15) is 0 Å². The molecule has 1 aromatic rings. The summed E-state index contributed by atoms with van der Waals surface area (Å²) in [4.78, 5) is 18.3. The largest absolute Gasteiger partial charge is 0.469 e. The Bertz CT molecular complexity index is 577. The van der Waals surface area contributed by atoms with Gasteiger partial charge in [0.2, 0.25) is 0 Å². The quantitative estimate of drug-likeness (QED) is 0.333. The van der Waals surface area contributed by atoms with Crippen LogP contribution in [0.4, 0.5) is 0 Å². The van der Waals surface area contributed by atoms with Crippen LogP contribution in [0.5, 0.6) is 0 Å². The molecule has 1 N–H and O–H groups in total. The van der Waals surface area contributed by atoms with Crippen LogP contribution in [0, 0.1) is 11.8 Å². The molecule has 1 aliphatic rings. The summed E-state index contributed by atoms with van der Waals surface area (Å²) < 4.78 is 10.6. The van der Waals surface area contributed by atoms with Crippen LogP contribution in [-0.2, 0) is 20.9 Å². The van der Waals surface area contributed by atoms with Gasteiger partial charge in [-0.3, -0.25) is 9.79 Å². The molecule has 26 heavy (non-hydrogen) atoms. The summed E-state index contributed by atoms with van der Waals surface area (Å²) in [6, 6.07) is 10.2. The fourth-order valence-electron chi connectivity index (χ4n) is 3.22. The molecule has 0 saturated carbocycles. The number of hydrogen-bond acceptors (Lipinski definition) is 4. The molecule has 0 bridgehead atoms. The van der Waals surface area contributed by atoms with Gasteiger partial charge in [-0.05, 0) is 24.3 Å². The van der Waals surface area contributed by atoms with Crippen molar-refractivity contribution in [3.05, 3.63) is 35.9 Å². The number of aliphatic imine (C=N–C) groups is 1. The summed E-state index contributed by atoms with van der Waals surface area (Å²) in [5, 5.41) is 3.39.